The van der Waals surface area contributed by atoms with Gasteiger partial charge < -0.3 is 5.32 Å². The highest BCUT2D eigenvalue weighted by Crippen LogP contribution is 2.19. The minimum atomic E-state index is -3.56. The first-order valence-electron chi connectivity index (χ1n) is 9.45. The number of carbonyl (C=O) groups is 2. The fraction of sp³-hybridized carbons (Fsp3) is 0.304. The quantitative estimate of drug-likeness (QED) is 0.507. The van der Waals surface area contributed by atoms with Gasteiger partial charge in [-0.05, 0) is 48.7 Å². The molecule has 0 aromatic heterocycles. The second-order valence-corrected chi connectivity index (χ2v) is 8.90. The van der Waals surface area contributed by atoms with Crippen molar-refractivity contribution >= 4 is 21.5 Å². The van der Waals surface area contributed by atoms with Crippen LogP contribution in [0.5, 0.6) is 0 Å². The molecule has 0 saturated carbocycles. The molecule has 0 atom stereocenters. The van der Waals surface area contributed by atoms with Gasteiger partial charge in [-0.2, -0.15) is 0 Å². The molecular weight excluding hydrogens is 386 g/mol. The molecule has 0 unspecified atom stereocenters. The summed E-state index contributed by atoms with van der Waals surface area (Å²) in [6.07, 6.45) is 6.72. The molecule has 5 nitrogen and oxygen atoms in total. The average Bonchev–Trinajstić information content (AvgIpc) is 2.72. The number of hydrogen-bond acceptors (Lipinski definition) is 4. The Kier molecular flexibility index (Phi) is 7.74. The highest BCUT2D eigenvalue weighted by Gasteiger charge is 2.18. The van der Waals surface area contributed by atoms with Crippen LogP contribution in [-0.4, -0.2) is 32.4 Å². The van der Waals surface area contributed by atoms with E-state index in [9.17, 15) is 18.0 Å². The average molecular weight is 412 g/mol. The van der Waals surface area contributed by atoms with Crippen LogP contribution in [0.15, 0.2) is 47.4 Å². The summed E-state index contributed by atoms with van der Waals surface area (Å²) in [6.45, 7) is 4.13. The van der Waals surface area contributed by atoms with Crippen LogP contribution in [-0.2, 0) is 16.3 Å². The van der Waals surface area contributed by atoms with E-state index < -0.39 is 9.84 Å². The van der Waals surface area contributed by atoms with Crippen LogP contribution in [0.4, 0.5) is 0 Å². The zero-order chi connectivity index (χ0) is 21.4. The number of hydrogen-bond donors (Lipinski definition) is 1. The zero-order valence-electron chi connectivity index (χ0n) is 16.7. The summed E-state index contributed by atoms with van der Waals surface area (Å²) in [5.41, 5.74) is 2.82. The van der Waals surface area contributed by atoms with Gasteiger partial charge in [0.05, 0.1) is 17.2 Å². The Morgan fingerprint density at radius 2 is 1.72 bits per heavy atom. The highest BCUT2D eigenvalue weighted by atomic mass is 32.2. The maximum Gasteiger partial charge on any atom is 0.252 e. The lowest BCUT2D eigenvalue weighted by atomic mass is 10.0. The molecule has 0 saturated heterocycles. The molecule has 0 aliphatic carbocycles. The van der Waals surface area contributed by atoms with E-state index in [4.69, 9.17) is 6.42 Å². The van der Waals surface area contributed by atoms with Crippen LogP contribution in [0, 0.1) is 19.3 Å². The van der Waals surface area contributed by atoms with Crippen molar-refractivity contribution in [2.24, 2.45) is 0 Å². The fourth-order valence-corrected chi connectivity index (χ4v) is 4.20. The number of benzene rings is 2. The molecule has 1 amide bonds. The molecule has 0 heterocycles. The summed E-state index contributed by atoms with van der Waals surface area (Å²) in [5, 5.41) is 2.54. The number of carbonyl (C=O) groups excluding carboxylic acids is 2. The molecule has 1 N–H and O–H groups in total. The molecule has 29 heavy (non-hydrogen) atoms. The van der Waals surface area contributed by atoms with Crippen LogP contribution < -0.4 is 5.32 Å². The molecule has 0 bridgehead atoms. The molecule has 2 aromatic rings. The van der Waals surface area contributed by atoms with Crippen molar-refractivity contribution in [3.8, 4) is 12.3 Å². The van der Waals surface area contributed by atoms with Gasteiger partial charge in [-0.15, -0.1) is 6.42 Å². The van der Waals surface area contributed by atoms with Crippen LogP contribution in [0.2, 0.25) is 0 Å². The summed E-state index contributed by atoms with van der Waals surface area (Å²) in [4.78, 5) is 24.5. The largest absolute Gasteiger partial charge is 0.341 e. The SMILES string of the molecule is C#CCNC(=O)c1ccc(C(=O)CCS(=O)(=O)c2ccc(C)c(CCC)c2)cc1. The summed E-state index contributed by atoms with van der Waals surface area (Å²) < 4.78 is 25.3. The van der Waals surface area contributed by atoms with Crippen molar-refractivity contribution in [3.05, 3.63) is 64.7 Å². The van der Waals surface area contributed by atoms with E-state index in [0.717, 1.165) is 24.0 Å². The van der Waals surface area contributed by atoms with E-state index in [2.05, 4.69) is 11.2 Å². The molecule has 2 aromatic carbocycles. The van der Waals surface area contributed by atoms with Gasteiger partial charge in [0.25, 0.3) is 5.91 Å². The number of ketones is 1. The maximum absolute atomic E-state index is 12.7. The lowest BCUT2D eigenvalue weighted by Gasteiger charge is -2.09. The minimum Gasteiger partial charge on any atom is -0.341 e. The van der Waals surface area contributed by atoms with Crippen molar-refractivity contribution in [1.29, 1.82) is 0 Å². The minimum absolute atomic E-state index is 0.121. The van der Waals surface area contributed by atoms with E-state index in [1.165, 1.54) is 24.3 Å². The fourth-order valence-electron chi connectivity index (χ4n) is 2.91. The normalized spacial score (nSPS) is 10.9. The number of sulfone groups is 1. The van der Waals surface area contributed by atoms with Crippen LogP contribution in [0.3, 0.4) is 0 Å². The Morgan fingerprint density at radius 1 is 1.07 bits per heavy atom. The lowest BCUT2D eigenvalue weighted by Crippen LogP contribution is -2.23. The third-order valence-electron chi connectivity index (χ3n) is 4.62. The predicted molar refractivity (Wildman–Crippen MR) is 114 cm³/mol. The van der Waals surface area contributed by atoms with Gasteiger partial charge in [-0.25, -0.2) is 8.42 Å². The smallest absolute Gasteiger partial charge is 0.252 e. The Morgan fingerprint density at radius 3 is 2.34 bits per heavy atom. The second kappa shape index (κ2) is 10.0. The Hall–Kier alpha value is -2.91. The van der Waals surface area contributed by atoms with Gasteiger partial charge >= 0.3 is 0 Å². The first kappa shape index (κ1) is 22.4. The summed E-state index contributed by atoms with van der Waals surface area (Å²) in [5.74, 6) is 1.44. The number of Topliss-reactive ketones (excluding diaryl/α,β-unsaturated/α-hetero) is 1. The molecule has 152 valence electrons. The Balaban J connectivity index is 2.05. The number of rotatable bonds is 9. The molecular formula is C23H25NO4S. The first-order valence-corrected chi connectivity index (χ1v) is 11.1. The Labute approximate surface area is 172 Å². The van der Waals surface area contributed by atoms with Crippen molar-refractivity contribution in [2.45, 2.75) is 38.0 Å². The summed E-state index contributed by atoms with van der Waals surface area (Å²) >= 11 is 0. The lowest BCUT2D eigenvalue weighted by molar-refractivity contribution is 0.0954. The molecule has 0 spiro atoms. The third kappa shape index (κ3) is 6.03. The highest BCUT2D eigenvalue weighted by molar-refractivity contribution is 7.91. The van der Waals surface area contributed by atoms with Crippen molar-refractivity contribution in [1.82, 2.24) is 5.32 Å². The standard InChI is InChI=1S/C23H25NO4S/c1-4-6-20-16-21(12-7-17(20)3)29(27,28)15-13-22(25)18-8-10-19(11-9-18)23(26)24-14-5-2/h2,7-12,16H,4,6,13-15H2,1,3H3,(H,24,26). The topological polar surface area (TPSA) is 80.3 Å². The second-order valence-electron chi connectivity index (χ2n) is 6.79. The van der Waals surface area contributed by atoms with E-state index in [1.807, 2.05) is 19.9 Å². The van der Waals surface area contributed by atoms with Gasteiger partial charge in [0.15, 0.2) is 15.6 Å². The van der Waals surface area contributed by atoms with Crippen LogP contribution in [0.1, 0.15) is 51.6 Å². The predicted octanol–water partition coefficient (Wildman–Crippen LogP) is 3.36. The van der Waals surface area contributed by atoms with Gasteiger partial charge in [0.1, 0.15) is 0 Å². The summed E-state index contributed by atoms with van der Waals surface area (Å²) in [6, 6.07) is 11.2. The molecule has 0 fully saturated rings. The van der Waals surface area contributed by atoms with Crippen LogP contribution in [0.25, 0.3) is 0 Å². The molecule has 2 rings (SSSR count). The molecule has 0 radical (unpaired) electrons. The van der Waals surface area contributed by atoms with Gasteiger partial charge in [-0.1, -0.05) is 37.5 Å². The number of nitrogens with one attached hydrogen (secondary N) is 1. The number of terminal acetylenes is 1. The van der Waals surface area contributed by atoms with E-state index in [0.29, 0.717) is 11.1 Å². The third-order valence-corrected chi connectivity index (χ3v) is 6.33. The zero-order valence-corrected chi connectivity index (χ0v) is 17.5. The molecule has 0 aliphatic rings. The van der Waals surface area contributed by atoms with Crippen molar-refractivity contribution in [3.63, 3.8) is 0 Å². The number of aryl methyl sites for hydroxylation is 2. The molecule has 0 aliphatic heterocycles. The summed E-state index contributed by atoms with van der Waals surface area (Å²) in [7, 11) is -3.56. The monoisotopic (exact) mass is 411 g/mol. The van der Waals surface area contributed by atoms with E-state index >= 15 is 0 Å². The van der Waals surface area contributed by atoms with Crippen molar-refractivity contribution < 1.29 is 18.0 Å². The van der Waals surface area contributed by atoms with E-state index in [1.54, 1.807) is 12.1 Å². The maximum atomic E-state index is 12.7. The van der Waals surface area contributed by atoms with Gasteiger partial charge in [0, 0.05) is 17.5 Å². The first-order chi connectivity index (χ1) is 13.8. The van der Waals surface area contributed by atoms with E-state index in [-0.39, 0.29) is 35.3 Å². The van der Waals surface area contributed by atoms with Crippen LogP contribution >= 0.6 is 0 Å². The molecule has 6 heteroatoms. The van der Waals surface area contributed by atoms with Gasteiger partial charge in [-0.3, -0.25) is 9.59 Å². The Bertz CT molecular complexity index is 1030. The number of amides is 1. The van der Waals surface area contributed by atoms with Gasteiger partial charge in [0.2, 0.25) is 0 Å². The van der Waals surface area contributed by atoms with Crippen molar-refractivity contribution in [2.75, 3.05) is 12.3 Å².